The van der Waals surface area contributed by atoms with E-state index in [9.17, 15) is 0 Å². The van der Waals surface area contributed by atoms with E-state index in [1.807, 2.05) is 12.3 Å². The van der Waals surface area contributed by atoms with E-state index in [2.05, 4.69) is 151 Å². The number of fused-ring (bicyclic) bond motifs is 3. The number of aromatic nitrogens is 4. The van der Waals surface area contributed by atoms with Gasteiger partial charge < -0.3 is 9.30 Å². The van der Waals surface area contributed by atoms with Crippen molar-refractivity contribution in [1.29, 1.82) is 0 Å². The first kappa shape index (κ1) is 40.7. The quantitative estimate of drug-likeness (QED) is 0.0961. The first-order chi connectivity index (χ1) is 25.8. The Morgan fingerprint density at radius 3 is 2.44 bits per heavy atom. The number of hydrogen-bond donors (Lipinski definition) is 0. The fourth-order valence-electron chi connectivity index (χ4n) is 8.70. The zero-order chi connectivity index (χ0) is 38.3. The van der Waals surface area contributed by atoms with Gasteiger partial charge in [-0.3, -0.25) is 4.68 Å². The summed E-state index contributed by atoms with van der Waals surface area (Å²) in [5.74, 6) is 4.32. The molecule has 3 aromatic carbocycles. The van der Waals surface area contributed by atoms with E-state index in [0.29, 0.717) is 35.2 Å². The first-order valence-corrected chi connectivity index (χ1v) is 20.3. The van der Waals surface area contributed by atoms with Crippen LogP contribution in [0, 0.1) is 36.8 Å². The maximum atomic E-state index is 6.79. The second-order valence-corrected chi connectivity index (χ2v) is 17.4. The standard InChI is InChI=1S/C49H58N4O.Pt/c1-11-12-15-36-22-23-50-46(26-36)52-43-17-14-13-16-41(43)42-20-19-39(30-45(42)52)54-40-28-37(49(8,9)10)27-38(29-40)53-44(21-18-31(2)3)48(35(7)51-53)47-33(5)24-32(4)25-34(47)6;/h13-14,16-17,19-20,22-24,26-28,31-32,34,47H,11-12,15,18,21,25H2,1-10H3;/q-2;+2/t32-,34-,47?;/m0./s1. The van der Waals surface area contributed by atoms with Gasteiger partial charge in [-0.25, -0.2) is 4.98 Å². The predicted octanol–water partition coefficient (Wildman–Crippen LogP) is 13.0. The molecule has 6 aromatic rings. The van der Waals surface area contributed by atoms with E-state index in [0.717, 1.165) is 65.7 Å². The van der Waals surface area contributed by atoms with Crippen LogP contribution in [0.15, 0.2) is 78.5 Å². The smallest absolute Gasteiger partial charge is 0.509 e. The molecule has 3 aromatic heterocycles. The first-order valence-electron chi connectivity index (χ1n) is 20.3. The average molecular weight is 914 g/mol. The number of pyridine rings is 1. The van der Waals surface area contributed by atoms with E-state index in [4.69, 9.17) is 14.8 Å². The Morgan fingerprint density at radius 2 is 1.71 bits per heavy atom. The maximum absolute atomic E-state index is 6.79. The summed E-state index contributed by atoms with van der Waals surface area (Å²) in [6.07, 6.45) is 11.0. The Hall–Kier alpha value is -3.95. The largest absolute Gasteiger partial charge is 2.00 e. The van der Waals surface area contributed by atoms with Crippen molar-refractivity contribution in [3.63, 3.8) is 0 Å². The molecule has 0 bridgehead atoms. The van der Waals surface area contributed by atoms with Gasteiger partial charge in [-0.1, -0.05) is 97.2 Å². The number of aryl methyl sites for hydroxylation is 2. The van der Waals surface area contributed by atoms with Crippen LogP contribution in [-0.2, 0) is 39.3 Å². The van der Waals surface area contributed by atoms with Gasteiger partial charge in [0.25, 0.3) is 0 Å². The summed E-state index contributed by atoms with van der Waals surface area (Å²) < 4.78 is 11.2. The Morgan fingerprint density at radius 1 is 0.927 bits per heavy atom. The molecule has 55 heavy (non-hydrogen) atoms. The molecular formula is C49H58N4OPt. The summed E-state index contributed by atoms with van der Waals surface area (Å²) in [4.78, 5) is 4.86. The van der Waals surface area contributed by atoms with Gasteiger partial charge in [-0.15, -0.1) is 41.3 Å². The van der Waals surface area contributed by atoms with Crippen molar-refractivity contribution in [2.75, 3.05) is 0 Å². The number of allylic oxidation sites excluding steroid dienone is 2. The Kier molecular flexibility index (Phi) is 12.3. The number of hydrogen-bond acceptors (Lipinski definition) is 3. The van der Waals surface area contributed by atoms with Crippen molar-refractivity contribution in [2.45, 2.75) is 119 Å². The summed E-state index contributed by atoms with van der Waals surface area (Å²) in [6, 6.07) is 28.9. The fraction of sp³-hybridized carbons (Fsp3) is 0.429. The number of para-hydroxylation sites is 1. The van der Waals surface area contributed by atoms with Crippen molar-refractivity contribution in [2.24, 2.45) is 17.8 Å². The van der Waals surface area contributed by atoms with Gasteiger partial charge in [0.15, 0.2) is 0 Å². The van der Waals surface area contributed by atoms with Crippen LogP contribution in [0.25, 0.3) is 33.3 Å². The molecule has 0 saturated carbocycles. The summed E-state index contributed by atoms with van der Waals surface area (Å²) in [5.41, 5.74) is 10.6. The van der Waals surface area contributed by atoms with Crippen LogP contribution in [0.4, 0.5) is 0 Å². The third-order valence-electron chi connectivity index (χ3n) is 11.4. The molecular weight excluding hydrogens is 856 g/mol. The zero-order valence-corrected chi connectivity index (χ0v) is 36.8. The van der Waals surface area contributed by atoms with Crippen LogP contribution >= 0.6 is 0 Å². The minimum Gasteiger partial charge on any atom is -0.509 e. The Labute approximate surface area is 343 Å². The number of unbranched alkanes of at least 4 members (excludes halogenated alkanes) is 1. The van der Waals surface area contributed by atoms with Crippen molar-refractivity contribution in [3.8, 4) is 23.0 Å². The molecule has 0 amide bonds. The fourth-order valence-corrected chi connectivity index (χ4v) is 8.70. The van der Waals surface area contributed by atoms with Crippen molar-refractivity contribution >= 4 is 21.8 Å². The molecule has 3 atom stereocenters. The van der Waals surface area contributed by atoms with Crippen LogP contribution in [0.2, 0.25) is 0 Å². The molecule has 1 aliphatic carbocycles. The number of rotatable bonds is 11. The SMILES string of the molecule is CCCCc1ccnc(-n2c3[c-]c(Oc4[c-]c(-n5nc(C)c(C6C(C)=C[C@H](C)C[C@@H]6C)c5CCC(C)C)cc(C(C)(C)C)c4)ccc3c3ccccc32)c1.[Pt+2]. The monoisotopic (exact) mass is 913 g/mol. The molecule has 0 spiro atoms. The van der Waals surface area contributed by atoms with Gasteiger partial charge in [0.05, 0.1) is 5.69 Å². The molecule has 6 heteroatoms. The molecule has 290 valence electrons. The van der Waals surface area contributed by atoms with Crippen molar-refractivity contribution in [3.05, 3.63) is 119 Å². The van der Waals surface area contributed by atoms with Gasteiger partial charge in [-0.05, 0) is 104 Å². The molecule has 0 aliphatic heterocycles. The molecule has 5 nitrogen and oxygen atoms in total. The van der Waals surface area contributed by atoms with Crippen LogP contribution in [0.5, 0.6) is 11.5 Å². The van der Waals surface area contributed by atoms with Gasteiger partial charge >= 0.3 is 21.1 Å². The van der Waals surface area contributed by atoms with Crippen molar-refractivity contribution in [1.82, 2.24) is 19.3 Å². The molecule has 7 rings (SSSR count). The topological polar surface area (TPSA) is 44.9 Å². The minimum absolute atomic E-state index is 0. The van der Waals surface area contributed by atoms with Crippen LogP contribution < -0.4 is 4.74 Å². The van der Waals surface area contributed by atoms with E-state index in [1.165, 1.54) is 39.8 Å². The number of nitrogens with zero attached hydrogens (tertiary/aromatic N) is 4. The number of ether oxygens (including phenoxy) is 1. The average Bonchev–Trinajstić information content (AvgIpc) is 3.62. The van der Waals surface area contributed by atoms with Crippen LogP contribution in [0.1, 0.15) is 122 Å². The zero-order valence-electron chi connectivity index (χ0n) is 34.5. The maximum Gasteiger partial charge on any atom is 2.00 e. The molecule has 1 aliphatic rings. The molecule has 0 N–H and O–H groups in total. The molecule has 0 saturated heterocycles. The second-order valence-electron chi connectivity index (χ2n) is 17.4. The third-order valence-corrected chi connectivity index (χ3v) is 11.4. The van der Waals surface area contributed by atoms with Gasteiger partial charge in [0, 0.05) is 40.4 Å². The van der Waals surface area contributed by atoms with Gasteiger partial charge in [-0.2, -0.15) is 11.2 Å². The van der Waals surface area contributed by atoms with Crippen molar-refractivity contribution < 1.29 is 25.8 Å². The Balaban J connectivity index is 0.00000514. The van der Waals surface area contributed by atoms with Crippen LogP contribution in [0.3, 0.4) is 0 Å². The van der Waals surface area contributed by atoms with Gasteiger partial charge in [0.2, 0.25) is 0 Å². The third kappa shape index (κ3) is 8.43. The van der Waals surface area contributed by atoms with E-state index in [-0.39, 0.29) is 26.5 Å². The summed E-state index contributed by atoms with van der Waals surface area (Å²) >= 11 is 0. The number of benzene rings is 3. The predicted molar refractivity (Wildman–Crippen MR) is 225 cm³/mol. The van der Waals surface area contributed by atoms with E-state index >= 15 is 0 Å². The minimum atomic E-state index is -0.118. The molecule has 3 heterocycles. The molecule has 1 unspecified atom stereocenters. The Bertz CT molecular complexity index is 2320. The van der Waals surface area contributed by atoms with Gasteiger partial charge in [0.1, 0.15) is 5.82 Å². The van der Waals surface area contributed by atoms with E-state index in [1.54, 1.807) is 0 Å². The summed E-state index contributed by atoms with van der Waals surface area (Å²) in [6.45, 7) is 22.9. The molecule has 0 fully saturated rings. The summed E-state index contributed by atoms with van der Waals surface area (Å²) in [5, 5.41) is 7.61. The van der Waals surface area contributed by atoms with E-state index < -0.39 is 0 Å². The van der Waals surface area contributed by atoms with Crippen LogP contribution in [-0.4, -0.2) is 19.3 Å². The second kappa shape index (κ2) is 16.6. The summed E-state index contributed by atoms with van der Waals surface area (Å²) in [7, 11) is 0. The molecule has 0 radical (unpaired) electrons. The normalized spacial score (nSPS) is 17.5.